The van der Waals surface area contributed by atoms with Crippen LogP contribution in [0.2, 0.25) is 0 Å². The molecule has 0 saturated carbocycles. The second kappa shape index (κ2) is 5.36. The number of aryl methyl sites for hydroxylation is 2. The van der Waals surface area contributed by atoms with Crippen LogP contribution in [-0.2, 0) is 0 Å². The van der Waals surface area contributed by atoms with Crippen LogP contribution in [0.4, 0.5) is 11.4 Å². The van der Waals surface area contributed by atoms with Crippen LogP contribution in [0.25, 0.3) is 0 Å². The van der Waals surface area contributed by atoms with Gasteiger partial charge in [0.2, 0.25) is 0 Å². The molecule has 0 radical (unpaired) electrons. The summed E-state index contributed by atoms with van der Waals surface area (Å²) in [4.78, 5) is 12.2. The van der Waals surface area contributed by atoms with Crippen molar-refractivity contribution in [1.29, 1.82) is 0 Å². The van der Waals surface area contributed by atoms with E-state index in [1.807, 2.05) is 39.8 Å². The summed E-state index contributed by atoms with van der Waals surface area (Å²) < 4.78 is 0. The maximum Gasteiger partial charge on any atom is 0.278 e. The van der Waals surface area contributed by atoms with E-state index in [0.29, 0.717) is 5.69 Å². The molecule has 0 bridgehead atoms. The SMILES string of the molecule is Cc1cc(C)cc(NC(=O)c2n[nH]c(C(C)C)c2N)c1. The van der Waals surface area contributed by atoms with E-state index in [2.05, 4.69) is 21.6 Å². The molecule has 0 atom stereocenters. The second-order valence-electron chi connectivity index (χ2n) is 5.38. The number of anilines is 2. The summed E-state index contributed by atoms with van der Waals surface area (Å²) in [5.74, 6) is -0.0964. The van der Waals surface area contributed by atoms with E-state index in [-0.39, 0.29) is 17.5 Å². The van der Waals surface area contributed by atoms with Crippen molar-refractivity contribution in [3.8, 4) is 0 Å². The summed E-state index contributed by atoms with van der Waals surface area (Å²) in [6.07, 6.45) is 0. The van der Waals surface area contributed by atoms with E-state index in [9.17, 15) is 4.79 Å². The van der Waals surface area contributed by atoms with Crippen molar-refractivity contribution in [1.82, 2.24) is 10.2 Å². The molecule has 2 aromatic rings. The predicted molar refractivity (Wildman–Crippen MR) is 81.0 cm³/mol. The molecular formula is C15H20N4O. The first kappa shape index (κ1) is 14.1. The van der Waals surface area contributed by atoms with Crippen molar-refractivity contribution < 1.29 is 4.79 Å². The van der Waals surface area contributed by atoms with Gasteiger partial charge in [-0.3, -0.25) is 9.89 Å². The lowest BCUT2D eigenvalue weighted by molar-refractivity contribution is 0.102. The molecule has 20 heavy (non-hydrogen) atoms. The van der Waals surface area contributed by atoms with Crippen LogP contribution in [0.5, 0.6) is 0 Å². The minimum absolute atomic E-state index is 0.199. The topological polar surface area (TPSA) is 83.8 Å². The Bertz CT molecular complexity index is 623. The quantitative estimate of drug-likeness (QED) is 0.803. The van der Waals surface area contributed by atoms with Crippen LogP contribution in [0.1, 0.15) is 47.1 Å². The number of hydrogen-bond donors (Lipinski definition) is 3. The highest BCUT2D eigenvalue weighted by atomic mass is 16.2. The zero-order valence-electron chi connectivity index (χ0n) is 12.2. The Morgan fingerprint density at radius 2 is 1.85 bits per heavy atom. The predicted octanol–water partition coefficient (Wildman–Crippen LogP) is 2.98. The van der Waals surface area contributed by atoms with E-state index in [1.165, 1.54) is 0 Å². The van der Waals surface area contributed by atoms with Crippen molar-refractivity contribution in [3.63, 3.8) is 0 Å². The lowest BCUT2D eigenvalue weighted by Crippen LogP contribution is -2.14. The van der Waals surface area contributed by atoms with Crippen LogP contribution in [0, 0.1) is 13.8 Å². The van der Waals surface area contributed by atoms with Crippen LogP contribution in [-0.4, -0.2) is 16.1 Å². The molecule has 4 N–H and O–H groups in total. The number of carbonyl (C=O) groups excluding carboxylic acids is 1. The summed E-state index contributed by atoms with van der Waals surface area (Å²) in [5, 5.41) is 9.67. The first-order valence-electron chi connectivity index (χ1n) is 6.62. The number of nitrogens with two attached hydrogens (primary N) is 1. The van der Waals surface area contributed by atoms with Crippen molar-refractivity contribution in [2.24, 2.45) is 0 Å². The van der Waals surface area contributed by atoms with Gasteiger partial charge in [0.15, 0.2) is 5.69 Å². The summed E-state index contributed by atoms with van der Waals surface area (Å²) in [6.45, 7) is 7.97. The number of H-pyrrole nitrogens is 1. The molecule has 1 heterocycles. The third-order valence-corrected chi connectivity index (χ3v) is 3.11. The number of benzene rings is 1. The third kappa shape index (κ3) is 2.82. The smallest absolute Gasteiger partial charge is 0.278 e. The van der Waals surface area contributed by atoms with Gasteiger partial charge in [0.25, 0.3) is 5.91 Å². The molecule has 0 saturated heterocycles. The molecule has 0 aliphatic rings. The number of hydrogen-bond acceptors (Lipinski definition) is 3. The number of nitrogens with zero attached hydrogens (tertiary/aromatic N) is 1. The van der Waals surface area contributed by atoms with Gasteiger partial charge in [-0.1, -0.05) is 19.9 Å². The second-order valence-corrected chi connectivity index (χ2v) is 5.38. The molecule has 2 rings (SSSR count). The monoisotopic (exact) mass is 272 g/mol. The standard InChI is InChI=1S/C15H20N4O/c1-8(2)13-12(16)14(19-18-13)15(20)17-11-6-9(3)5-10(4)7-11/h5-8H,16H2,1-4H3,(H,17,20)(H,18,19). The molecule has 1 aromatic carbocycles. The Balaban J connectivity index is 2.24. The Morgan fingerprint density at radius 3 is 2.35 bits per heavy atom. The number of nitrogen functional groups attached to an aromatic ring is 1. The average molecular weight is 272 g/mol. The highest BCUT2D eigenvalue weighted by molar-refractivity contribution is 6.06. The zero-order chi connectivity index (χ0) is 14.9. The van der Waals surface area contributed by atoms with Crippen LogP contribution in [0.15, 0.2) is 18.2 Å². The van der Waals surface area contributed by atoms with Gasteiger partial charge < -0.3 is 11.1 Å². The van der Waals surface area contributed by atoms with Crippen LogP contribution >= 0.6 is 0 Å². The number of nitrogens with one attached hydrogen (secondary N) is 2. The van der Waals surface area contributed by atoms with Crippen molar-refractivity contribution in [3.05, 3.63) is 40.7 Å². The fourth-order valence-electron chi connectivity index (χ4n) is 2.21. The van der Waals surface area contributed by atoms with E-state index in [1.54, 1.807) is 0 Å². The zero-order valence-corrected chi connectivity index (χ0v) is 12.2. The molecule has 1 amide bonds. The van der Waals surface area contributed by atoms with E-state index < -0.39 is 0 Å². The van der Waals surface area contributed by atoms with Crippen LogP contribution < -0.4 is 11.1 Å². The molecule has 0 unspecified atom stereocenters. The minimum Gasteiger partial charge on any atom is -0.395 e. The normalized spacial score (nSPS) is 10.8. The van der Waals surface area contributed by atoms with Crippen molar-refractivity contribution >= 4 is 17.3 Å². The molecular weight excluding hydrogens is 252 g/mol. The van der Waals surface area contributed by atoms with Crippen molar-refractivity contribution in [2.45, 2.75) is 33.6 Å². The minimum atomic E-state index is -0.296. The van der Waals surface area contributed by atoms with Gasteiger partial charge in [-0.25, -0.2) is 0 Å². The highest BCUT2D eigenvalue weighted by Crippen LogP contribution is 2.23. The number of amides is 1. The van der Waals surface area contributed by atoms with Gasteiger partial charge in [0.1, 0.15) is 0 Å². The lowest BCUT2D eigenvalue weighted by Gasteiger charge is -2.07. The molecule has 1 aromatic heterocycles. The summed E-state index contributed by atoms with van der Waals surface area (Å²) in [7, 11) is 0. The molecule has 0 fully saturated rings. The maximum absolute atomic E-state index is 12.2. The van der Waals surface area contributed by atoms with Gasteiger partial charge in [-0.15, -0.1) is 0 Å². The Labute approximate surface area is 118 Å². The maximum atomic E-state index is 12.2. The van der Waals surface area contributed by atoms with Gasteiger partial charge in [-0.05, 0) is 43.0 Å². The third-order valence-electron chi connectivity index (χ3n) is 3.11. The van der Waals surface area contributed by atoms with Gasteiger partial charge in [0.05, 0.1) is 11.4 Å². The number of rotatable bonds is 3. The molecule has 106 valence electrons. The fraction of sp³-hybridized carbons (Fsp3) is 0.333. The van der Waals surface area contributed by atoms with Gasteiger partial charge in [-0.2, -0.15) is 5.10 Å². The van der Waals surface area contributed by atoms with Gasteiger partial charge in [0, 0.05) is 5.69 Å². The Hall–Kier alpha value is -2.30. The van der Waals surface area contributed by atoms with E-state index >= 15 is 0 Å². The molecule has 5 heteroatoms. The van der Waals surface area contributed by atoms with Crippen LogP contribution in [0.3, 0.4) is 0 Å². The Kier molecular flexibility index (Phi) is 3.79. The lowest BCUT2D eigenvalue weighted by atomic mass is 10.1. The highest BCUT2D eigenvalue weighted by Gasteiger charge is 2.19. The number of carbonyl (C=O) groups is 1. The van der Waals surface area contributed by atoms with Gasteiger partial charge >= 0.3 is 0 Å². The summed E-state index contributed by atoms with van der Waals surface area (Å²) >= 11 is 0. The molecule has 0 spiro atoms. The Morgan fingerprint density at radius 1 is 1.25 bits per heavy atom. The van der Waals surface area contributed by atoms with Crippen molar-refractivity contribution in [2.75, 3.05) is 11.1 Å². The number of aromatic amines is 1. The molecule has 0 aliphatic carbocycles. The van der Waals surface area contributed by atoms with E-state index in [0.717, 1.165) is 22.5 Å². The summed E-state index contributed by atoms with van der Waals surface area (Å²) in [6, 6.07) is 5.88. The molecule has 0 aliphatic heterocycles. The number of aromatic nitrogens is 2. The largest absolute Gasteiger partial charge is 0.395 e. The average Bonchev–Trinajstić information content (AvgIpc) is 2.69. The molecule has 5 nitrogen and oxygen atoms in total. The first-order valence-corrected chi connectivity index (χ1v) is 6.62. The van der Waals surface area contributed by atoms with E-state index in [4.69, 9.17) is 5.73 Å². The fourth-order valence-corrected chi connectivity index (χ4v) is 2.21. The first-order chi connectivity index (χ1) is 9.38. The summed E-state index contributed by atoms with van der Waals surface area (Å²) in [5.41, 5.74) is 10.4.